The highest BCUT2D eigenvalue weighted by Crippen LogP contribution is 2.34. The predicted octanol–water partition coefficient (Wildman–Crippen LogP) is 4.14. The molecule has 0 aliphatic carbocycles. The number of hydrogen-bond acceptors (Lipinski definition) is 2. The van der Waals surface area contributed by atoms with Gasteiger partial charge in [-0.15, -0.1) is 0 Å². The third kappa shape index (κ3) is 2.92. The number of carbonyl (C=O) groups is 1. The van der Waals surface area contributed by atoms with Crippen molar-refractivity contribution < 1.29 is 9.53 Å². The average molecular weight is 248 g/mol. The fourth-order valence-electron chi connectivity index (χ4n) is 2.01. The normalized spacial score (nSPS) is 11.8. The van der Waals surface area contributed by atoms with E-state index in [4.69, 9.17) is 4.74 Å². The second-order valence-corrected chi connectivity index (χ2v) is 6.14. The predicted molar refractivity (Wildman–Crippen MR) is 75.6 cm³/mol. The van der Waals surface area contributed by atoms with E-state index in [0.29, 0.717) is 0 Å². The zero-order chi connectivity index (χ0) is 14.1. The van der Waals surface area contributed by atoms with E-state index in [9.17, 15) is 4.79 Å². The standard InChI is InChI=1S/C16H24O2/c1-10(2)15(17)12-9-13(16(4,5)6)14(18-7)8-11(12)3/h8-10H,1-7H3. The fourth-order valence-corrected chi connectivity index (χ4v) is 2.01. The number of ether oxygens (including phenoxy) is 1. The second kappa shape index (κ2) is 5.13. The van der Waals surface area contributed by atoms with Crippen LogP contribution in [0.5, 0.6) is 5.75 Å². The van der Waals surface area contributed by atoms with Crippen LogP contribution in [-0.4, -0.2) is 12.9 Å². The van der Waals surface area contributed by atoms with Crippen molar-refractivity contribution in [3.63, 3.8) is 0 Å². The van der Waals surface area contributed by atoms with Gasteiger partial charge < -0.3 is 4.74 Å². The van der Waals surface area contributed by atoms with Crippen LogP contribution in [0.1, 0.15) is 56.1 Å². The number of rotatable bonds is 3. The van der Waals surface area contributed by atoms with Crippen LogP contribution in [0.4, 0.5) is 0 Å². The SMILES string of the molecule is COc1cc(C)c(C(=O)C(C)C)cc1C(C)(C)C. The van der Waals surface area contributed by atoms with Gasteiger partial charge in [0.25, 0.3) is 0 Å². The number of ketones is 1. The highest BCUT2D eigenvalue weighted by Gasteiger charge is 2.23. The van der Waals surface area contributed by atoms with Crippen LogP contribution in [-0.2, 0) is 5.41 Å². The molecule has 2 heteroatoms. The molecule has 0 aliphatic heterocycles. The Kier molecular flexibility index (Phi) is 4.20. The van der Waals surface area contributed by atoms with Crippen molar-refractivity contribution in [2.45, 2.75) is 47.0 Å². The summed E-state index contributed by atoms with van der Waals surface area (Å²) in [5, 5.41) is 0. The molecule has 0 aliphatic rings. The quantitative estimate of drug-likeness (QED) is 0.751. The first-order valence-electron chi connectivity index (χ1n) is 6.41. The Morgan fingerprint density at radius 2 is 1.78 bits per heavy atom. The summed E-state index contributed by atoms with van der Waals surface area (Å²) in [5.74, 6) is 1.07. The Morgan fingerprint density at radius 1 is 1.22 bits per heavy atom. The van der Waals surface area contributed by atoms with Gasteiger partial charge in [-0.1, -0.05) is 34.6 Å². The van der Waals surface area contributed by atoms with E-state index < -0.39 is 0 Å². The molecule has 0 N–H and O–H groups in total. The maximum Gasteiger partial charge on any atom is 0.165 e. The van der Waals surface area contributed by atoms with Crippen LogP contribution >= 0.6 is 0 Å². The molecule has 18 heavy (non-hydrogen) atoms. The van der Waals surface area contributed by atoms with Gasteiger partial charge in [-0.25, -0.2) is 0 Å². The minimum atomic E-state index is -0.0367. The van der Waals surface area contributed by atoms with E-state index in [1.807, 2.05) is 32.9 Å². The van der Waals surface area contributed by atoms with E-state index in [1.165, 1.54) is 0 Å². The highest BCUT2D eigenvalue weighted by molar-refractivity contribution is 5.99. The molecule has 1 aromatic carbocycles. The van der Waals surface area contributed by atoms with Gasteiger partial charge in [0, 0.05) is 17.0 Å². The van der Waals surface area contributed by atoms with Crippen molar-refractivity contribution in [2.75, 3.05) is 7.11 Å². The number of hydrogen-bond donors (Lipinski definition) is 0. The van der Waals surface area contributed by atoms with E-state index in [0.717, 1.165) is 22.4 Å². The average Bonchev–Trinajstić information content (AvgIpc) is 2.25. The molecule has 0 amide bonds. The summed E-state index contributed by atoms with van der Waals surface area (Å²) in [5.41, 5.74) is 2.85. The van der Waals surface area contributed by atoms with Gasteiger partial charge in [-0.05, 0) is 30.0 Å². The molecule has 0 saturated carbocycles. The lowest BCUT2D eigenvalue weighted by Gasteiger charge is -2.24. The molecule has 0 fully saturated rings. The molecule has 0 aromatic heterocycles. The Bertz CT molecular complexity index is 451. The highest BCUT2D eigenvalue weighted by atomic mass is 16.5. The van der Waals surface area contributed by atoms with Crippen LogP contribution in [0.25, 0.3) is 0 Å². The van der Waals surface area contributed by atoms with Crippen LogP contribution in [0.2, 0.25) is 0 Å². The summed E-state index contributed by atoms with van der Waals surface area (Å²) in [6.07, 6.45) is 0. The summed E-state index contributed by atoms with van der Waals surface area (Å²) >= 11 is 0. The number of benzene rings is 1. The first kappa shape index (κ1) is 14.7. The Labute approximate surface area is 110 Å². The molecule has 0 saturated heterocycles. The van der Waals surface area contributed by atoms with Gasteiger partial charge in [0.15, 0.2) is 5.78 Å². The Morgan fingerprint density at radius 3 is 2.17 bits per heavy atom. The van der Waals surface area contributed by atoms with E-state index in [2.05, 4.69) is 20.8 Å². The second-order valence-electron chi connectivity index (χ2n) is 6.14. The summed E-state index contributed by atoms with van der Waals surface area (Å²) in [7, 11) is 1.67. The van der Waals surface area contributed by atoms with Gasteiger partial charge in [0.2, 0.25) is 0 Å². The largest absolute Gasteiger partial charge is 0.496 e. The van der Waals surface area contributed by atoms with E-state index >= 15 is 0 Å². The molecular weight excluding hydrogens is 224 g/mol. The number of Topliss-reactive ketones (excluding diaryl/α,β-unsaturated/α-hetero) is 1. The number of carbonyl (C=O) groups excluding carboxylic acids is 1. The molecule has 1 rings (SSSR count). The molecule has 0 bridgehead atoms. The first-order chi connectivity index (χ1) is 8.18. The van der Waals surface area contributed by atoms with Crippen molar-refractivity contribution in [1.82, 2.24) is 0 Å². The molecule has 0 radical (unpaired) electrons. The van der Waals surface area contributed by atoms with Crippen LogP contribution in [0.3, 0.4) is 0 Å². The third-order valence-corrected chi connectivity index (χ3v) is 3.14. The zero-order valence-corrected chi connectivity index (χ0v) is 12.5. The summed E-state index contributed by atoms with van der Waals surface area (Å²) in [4.78, 5) is 12.2. The Hall–Kier alpha value is -1.31. The van der Waals surface area contributed by atoms with Crippen molar-refractivity contribution in [2.24, 2.45) is 5.92 Å². The van der Waals surface area contributed by atoms with Gasteiger partial charge in [-0.2, -0.15) is 0 Å². The zero-order valence-electron chi connectivity index (χ0n) is 12.5. The maximum absolute atomic E-state index is 12.2. The van der Waals surface area contributed by atoms with Crippen molar-refractivity contribution in [1.29, 1.82) is 0 Å². The molecular formula is C16H24O2. The van der Waals surface area contributed by atoms with Crippen molar-refractivity contribution in [3.05, 3.63) is 28.8 Å². The Balaban J connectivity index is 3.44. The topological polar surface area (TPSA) is 26.3 Å². The minimum absolute atomic E-state index is 0.0184. The summed E-state index contributed by atoms with van der Waals surface area (Å²) in [6, 6.07) is 3.96. The van der Waals surface area contributed by atoms with E-state index in [-0.39, 0.29) is 17.1 Å². The van der Waals surface area contributed by atoms with Crippen LogP contribution in [0.15, 0.2) is 12.1 Å². The molecule has 100 valence electrons. The van der Waals surface area contributed by atoms with Crippen LogP contribution < -0.4 is 4.74 Å². The van der Waals surface area contributed by atoms with Crippen molar-refractivity contribution in [3.8, 4) is 5.75 Å². The summed E-state index contributed by atoms with van der Waals surface area (Å²) in [6.45, 7) is 12.2. The van der Waals surface area contributed by atoms with Gasteiger partial charge in [0.1, 0.15) is 5.75 Å². The molecule has 2 nitrogen and oxygen atoms in total. The third-order valence-electron chi connectivity index (χ3n) is 3.14. The molecule has 0 spiro atoms. The first-order valence-corrected chi connectivity index (χ1v) is 6.41. The van der Waals surface area contributed by atoms with Gasteiger partial charge in [0.05, 0.1) is 7.11 Å². The van der Waals surface area contributed by atoms with Gasteiger partial charge >= 0.3 is 0 Å². The molecule has 0 unspecified atom stereocenters. The molecule has 0 atom stereocenters. The lowest BCUT2D eigenvalue weighted by Crippen LogP contribution is -2.16. The maximum atomic E-state index is 12.2. The summed E-state index contributed by atoms with van der Waals surface area (Å²) < 4.78 is 5.44. The minimum Gasteiger partial charge on any atom is -0.496 e. The number of aryl methyl sites for hydroxylation is 1. The lowest BCUT2D eigenvalue weighted by atomic mass is 9.83. The smallest absolute Gasteiger partial charge is 0.165 e. The molecule has 1 aromatic rings. The van der Waals surface area contributed by atoms with Crippen molar-refractivity contribution >= 4 is 5.78 Å². The molecule has 0 heterocycles. The number of methoxy groups -OCH3 is 1. The lowest BCUT2D eigenvalue weighted by molar-refractivity contribution is 0.0938. The van der Waals surface area contributed by atoms with E-state index in [1.54, 1.807) is 7.11 Å². The fraction of sp³-hybridized carbons (Fsp3) is 0.562. The monoisotopic (exact) mass is 248 g/mol. The van der Waals surface area contributed by atoms with Crippen LogP contribution in [0, 0.1) is 12.8 Å². The van der Waals surface area contributed by atoms with Gasteiger partial charge in [-0.3, -0.25) is 4.79 Å².